The van der Waals surface area contributed by atoms with E-state index >= 15 is 0 Å². The molecule has 1 aliphatic rings. The van der Waals surface area contributed by atoms with E-state index in [9.17, 15) is 0 Å². The number of hydrogen-bond donors (Lipinski definition) is 0. The Kier molecular flexibility index (Phi) is 4.00. The highest BCUT2D eigenvalue weighted by atomic mass is 35.5. The molecule has 0 aliphatic heterocycles. The molecule has 0 amide bonds. The average molecular weight is 400 g/mol. The minimum Gasteiger partial charge on any atom is -0.304 e. The molecule has 1 saturated carbocycles. The number of benzene rings is 1. The highest BCUT2D eigenvalue weighted by molar-refractivity contribution is 7.15. The van der Waals surface area contributed by atoms with Crippen molar-refractivity contribution in [3.63, 3.8) is 0 Å². The molecule has 1 aromatic carbocycles. The Morgan fingerprint density at radius 2 is 1.88 bits per heavy atom. The standard InChI is InChI=1S/C20H15Cl2N3S/c21-14-8-16(22)20-23-15(11-25(20)10-14)9-17-24-18(12-6-7-12)19(26-17)13-4-2-1-3-5-13/h1-5,8,10-12H,6-7,9H2. The molecular formula is C20H15Cl2N3S. The van der Waals surface area contributed by atoms with Gasteiger partial charge in [-0.05, 0) is 24.5 Å². The summed E-state index contributed by atoms with van der Waals surface area (Å²) < 4.78 is 1.88. The maximum absolute atomic E-state index is 6.26. The molecule has 1 aliphatic carbocycles. The van der Waals surface area contributed by atoms with Crippen molar-refractivity contribution in [1.82, 2.24) is 14.4 Å². The van der Waals surface area contributed by atoms with Crippen LogP contribution >= 0.6 is 34.5 Å². The van der Waals surface area contributed by atoms with Gasteiger partial charge in [0.25, 0.3) is 0 Å². The first-order chi connectivity index (χ1) is 12.7. The maximum atomic E-state index is 6.26. The predicted octanol–water partition coefficient (Wildman–Crippen LogP) is 6.23. The summed E-state index contributed by atoms with van der Waals surface area (Å²) in [5.74, 6) is 0.615. The molecule has 0 saturated heterocycles. The van der Waals surface area contributed by atoms with Gasteiger partial charge in [0, 0.05) is 24.7 Å². The van der Waals surface area contributed by atoms with Crippen LogP contribution in [0.5, 0.6) is 0 Å². The lowest BCUT2D eigenvalue weighted by atomic mass is 10.1. The molecule has 0 unspecified atom stereocenters. The van der Waals surface area contributed by atoms with Gasteiger partial charge in [-0.25, -0.2) is 9.97 Å². The van der Waals surface area contributed by atoms with Crippen molar-refractivity contribution in [2.45, 2.75) is 25.2 Å². The van der Waals surface area contributed by atoms with Crippen LogP contribution in [0.15, 0.2) is 48.8 Å². The van der Waals surface area contributed by atoms with Gasteiger partial charge in [0.2, 0.25) is 0 Å². The quantitative estimate of drug-likeness (QED) is 0.406. The number of halogens is 2. The fourth-order valence-corrected chi connectivity index (χ4v) is 4.90. The highest BCUT2D eigenvalue weighted by Gasteiger charge is 2.30. The smallest absolute Gasteiger partial charge is 0.155 e. The number of pyridine rings is 1. The first-order valence-electron chi connectivity index (χ1n) is 8.55. The zero-order valence-electron chi connectivity index (χ0n) is 13.8. The van der Waals surface area contributed by atoms with Gasteiger partial charge in [-0.15, -0.1) is 11.3 Å². The van der Waals surface area contributed by atoms with E-state index in [-0.39, 0.29) is 0 Å². The topological polar surface area (TPSA) is 30.2 Å². The lowest BCUT2D eigenvalue weighted by Gasteiger charge is -1.99. The van der Waals surface area contributed by atoms with E-state index in [1.807, 2.05) is 22.9 Å². The SMILES string of the molecule is Clc1cc(Cl)c2nc(Cc3nc(C4CC4)c(-c4ccccc4)s3)cn2c1. The van der Waals surface area contributed by atoms with Crippen molar-refractivity contribution in [2.75, 3.05) is 0 Å². The second-order valence-electron chi connectivity index (χ2n) is 6.61. The van der Waals surface area contributed by atoms with Crippen LogP contribution in [0.4, 0.5) is 0 Å². The number of aromatic nitrogens is 3. The molecule has 26 heavy (non-hydrogen) atoms. The van der Waals surface area contributed by atoms with Crippen LogP contribution in [0.3, 0.4) is 0 Å². The van der Waals surface area contributed by atoms with Gasteiger partial charge in [0.15, 0.2) is 5.65 Å². The maximum Gasteiger partial charge on any atom is 0.155 e. The first-order valence-corrected chi connectivity index (χ1v) is 10.1. The Labute approximate surface area is 165 Å². The molecule has 0 atom stereocenters. The van der Waals surface area contributed by atoms with Gasteiger partial charge >= 0.3 is 0 Å². The van der Waals surface area contributed by atoms with E-state index in [2.05, 4.69) is 29.2 Å². The Hall–Kier alpha value is -1.88. The van der Waals surface area contributed by atoms with Gasteiger partial charge < -0.3 is 4.40 Å². The Bertz CT molecular complexity index is 1100. The van der Waals surface area contributed by atoms with E-state index in [4.69, 9.17) is 28.2 Å². The highest BCUT2D eigenvalue weighted by Crippen LogP contribution is 2.46. The van der Waals surface area contributed by atoms with Gasteiger partial charge in [-0.3, -0.25) is 0 Å². The van der Waals surface area contributed by atoms with Crippen LogP contribution in [0.1, 0.15) is 35.2 Å². The Morgan fingerprint density at radius 3 is 2.65 bits per heavy atom. The van der Waals surface area contributed by atoms with Crippen LogP contribution < -0.4 is 0 Å². The molecular weight excluding hydrogens is 385 g/mol. The largest absolute Gasteiger partial charge is 0.304 e. The van der Waals surface area contributed by atoms with Gasteiger partial charge in [-0.1, -0.05) is 53.5 Å². The molecule has 130 valence electrons. The summed E-state index contributed by atoms with van der Waals surface area (Å²) in [6, 6.07) is 12.3. The molecule has 0 N–H and O–H groups in total. The summed E-state index contributed by atoms with van der Waals surface area (Å²) in [5.41, 5.74) is 4.18. The Balaban J connectivity index is 1.52. The van der Waals surface area contributed by atoms with E-state index in [0.29, 0.717) is 22.4 Å². The molecule has 3 heterocycles. The summed E-state index contributed by atoms with van der Waals surface area (Å²) in [5, 5.41) is 2.26. The van der Waals surface area contributed by atoms with Gasteiger partial charge in [0.05, 0.1) is 31.3 Å². The fourth-order valence-electron chi connectivity index (χ4n) is 3.20. The fraction of sp³-hybridized carbons (Fsp3) is 0.200. The van der Waals surface area contributed by atoms with E-state index in [0.717, 1.165) is 16.3 Å². The molecule has 0 bridgehead atoms. The number of rotatable bonds is 4. The predicted molar refractivity (Wildman–Crippen MR) is 108 cm³/mol. The number of thiazole rings is 1. The molecule has 0 radical (unpaired) electrons. The van der Waals surface area contributed by atoms with Crippen molar-refractivity contribution >= 4 is 40.2 Å². The number of hydrogen-bond acceptors (Lipinski definition) is 3. The van der Waals surface area contributed by atoms with Crippen LogP contribution in [0.2, 0.25) is 10.0 Å². The Morgan fingerprint density at radius 1 is 1.08 bits per heavy atom. The van der Waals surface area contributed by atoms with E-state index in [1.54, 1.807) is 17.4 Å². The lowest BCUT2D eigenvalue weighted by molar-refractivity contribution is 0.997. The number of fused-ring (bicyclic) bond motifs is 1. The zero-order chi connectivity index (χ0) is 17.7. The van der Waals surface area contributed by atoms with Crippen LogP contribution in [0, 0.1) is 0 Å². The third-order valence-corrected chi connectivity index (χ3v) is 6.16. The molecule has 1 fully saturated rings. The number of imidazole rings is 1. The van der Waals surface area contributed by atoms with Crippen LogP contribution in [-0.2, 0) is 6.42 Å². The van der Waals surface area contributed by atoms with E-state index in [1.165, 1.54) is 29.0 Å². The molecule has 0 spiro atoms. The minimum absolute atomic E-state index is 0.562. The van der Waals surface area contributed by atoms with Crippen LogP contribution in [0.25, 0.3) is 16.1 Å². The van der Waals surface area contributed by atoms with Crippen molar-refractivity contribution in [3.8, 4) is 10.4 Å². The molecule has 6 heteroatoms. The second kappa shape index (κ2) is 6.38. The molecule has 5 rings (SSSR count). The second-order valence-corrected chi connectivity index (χ2v) is 8.54. The summed E-state index contributed by atoms with van der Waals surface area (Å²) in [4.78, 5) is 10.9. The van der Waals surface area contributed by atoms with Gasteiger partial charge in [-0.2, -0.15) is 0 Å². The molecule has 3 nitrogen and oxygen atoms in total. The minimum atomic E-state index is 0.562. The third-order valence-electron chi connectivity index (χ3n) is 4.55. The monoisotopic (exact) mass is 399 g/mol. The molecule has 3 aromatic heterocycles. The van der Waals surface area contributed by atoms with E-state index < -0.39 is 0 Å². The summed E-state index contributed by atoms with van der Waals surface area (Å²) in [6.45, 7) is 0. The summed E-state index contributed by atoms with van der Waals surface area (Å²) in [6.07, 6.45) is 6.99. The normalized spacial score (nSPS) is 14.2. The molecule has 4 aromatic rings. The van der Waals surface area contributed by atoms with Crippen molar-refractivity contribution in [3.05, 3.63) is 75.2 Å². The van der Waals surface area contributed by atoms with Crippen molar-refractivity contribution < 1.29 is 0 Å². The lowest BCUT2D eigenvalue weighted by Crippen LogP contribution is -1.89. The zero-order valence-corrected chi connectivity index (χ0v) is 16.2. The number of nitrogens with zero attached hydrogens (tertiary/aromatic N) is 3. The first kappa shape index (κ1) is 16.3. The summed E-state index contributed by atoms with van der Waals surface area (Å²) >= 11 is 14.1. The van der Waals surface area contributed by atoms with Crippen LogP contribution in [-0.4, -0.2) is 14.4 Å². The average Bonchev–Trinajstić information content (AvgIpc) is 3.27. The summed E-state index contributed by atoms with van der Waals surface area (Å²) in [7, 11) is 0. The van der Waals surface area contributed by atoms with Crippen molar-refractivity contribution in [1.29, 1.82) is 0 Å². The third kappa shape index (κ3) is 3.02. The van der Waals surface area contributed by atoms with Gasteiger partial charge in [0.1, 0.15) is 0 Å². The van der Waals surface area contributed by atoms with Crippen molar-refractivity contribution in [2.24, 2.45) is 0 Å².